The molecule has 0 unspecified atom stereocenters. The van der Waals surface area contributed by atoms with E-state index in [9.17, 15) is 4.79 Å². The van der Waals surface area contributed by atoms with Gasteiger partial charge in [-0.15, -0.1) is 0 Å². The van der Waals surface area contributed by atoms with Gasteiger partial charge in [0.25, 0.3) is 5.97 Å². The van der Waals surface area contributed by atoms with Gasteiger partial charge in [0, 0.05) is 6.42 Å². The van der Waals surface area contributed by atoms with E-state index in [-0.39, 0.29) is 5.97 Å². The van der Waals surface area contributed by atoms with Gasteiger partial charge in [0.05, 0.1) is 0 Å². The first-order chi connectivity index (χ1) is 4.31. The summed E-state index contributed by atoms with van der Waals surface area (Å²) >= 11 is 0. The molecular weight excluding hydrogens is 132 g/mol. The van der Waals surface area contributed by atoms with E-state index in [1.807, 2.05) is 0 Å². The molecule has 0 saturated carbocycles. The zero-order valence-electron chi connectivity index (χ0n) is 5.94. The molecule has 0 aliphatic heterocycles. The second kappa shape index (κ2) is 5.82. The van der Waals surface area contributed by atoms with Crippen molar-refractivity contribution in [3.8, 4) is 0 Å². The molecule has 0 amide bonds. The normalized spacial score (nSPS) is 9.11. The van der Waals surface area contributed by atoms with Crippen LogP contribution < -0.4 is 0 Å². The summed E-state index contributed by atoms with van der Waals surface area (Å²) in [6, 6.07) is 1.01. The summed E-state index contributed by atoms with van der Waals surface area (Å²) in [7, 11) is 0.370. The number of hydrogen-bond donors (Lipinski definition) is 0. The Hall–Kier alpha value is -0.313. The summed E-state index contributed by atoms with van der Waals surface area (Å²) in [6.07, 6.45) is 1.59. The van der Waals surface area contributed by atoms with Gasteiger partial charge in [-0.3, -0.25) is 4.79 Å². The maximum atomic E-state index is 10.5. The fraction of sp³-hybridized carbons (Fsp3) is 0.833. The first-order valence-corrected chi connectivity index (χ1v) is 4.35. The summed E-state index contributed by atoms with van der Waals surface area (Å²) < 4.78 is 4.82. The van der Waals surface area contributed by atoms with Crippen molar-refractivity contribution in [2.24, 2.45) is 0 Å². The predicted molar refractivity (Wildman–Crippen MR) is 37.2 cm³/mol. The van der Waals surface area contributed by atoms with Crippen LogP contribution in [-0.2, 0) is 9.22 Å². The molecule has 0 saturated heterocycles. The predicted octanol–water partition coefficient (Wildman–Crippen LogP) is 1.39. The van der Waals surface area contributed by atoms with Crippen molar-refractivity contribution in [3.63, 3.8) is 0 Å². The van der Waals surface area contributed by atoms with Gasteiger partial charge >= 0.3 is 9.76 Å². The molecule has 3 heteroatoms. The Balaban J connectivity index is 2.97. The van der Waals surface area contributed by atoms with Crippen LogP contribution >= 0.6 is 0 Å². The highest BCUT2D eigenvalue weighted by atomic mass is 28.2. The van der Waals surface area contributed by atoms with Crippen LogP contribution in [0.2, 0.25) is 6.04 Å². The van der Waals surface area contributed by atoms with Crippen LogP contribution in [0.5, 0.6) is 0 Å². The van der Waals surface area contributed by atoms with E-state index in [1.165, 1.54) is 0 Å². The molecule has 0 rings (SSSR count). The maximum Gasteiger partial charge on any atom is 0.314 e. The quantitative estimate of drug-likeness (QED) is 0.440. The molecule has 0 N–H and O–H groups in total. The first kappa shape index (κ1) is 8.69. The second-order valence-corrected chi connectivity index (χ2v) is 2.71. The van der Waals surface area contributed by atoms with Gasteiger partial charge in [0.15, 0.2) is 0 Å². The zero-order chi connectivity index (χ0) is 7.11. The van der Waals surface area contributed by atoms with E-state index in [2.05, 4.69) is 6.92 Å². The fourth-order valence-corrected chi connectivity index (χ4v) is 0.917. The summed E-state index contributed by atoms with van der Waals surface area (Å²) in [6.45, 7) is 3.88. The molecule has 0 aliphatic carbocycles. The Morgan fingerprint density at radius 1 is 1.56 bits per heavy atom. The van der Waals surface area contributed by atoms with Gasteiger partial charge in [0.2, 0.25) is 0 Å². The highest BCUT2D eigenvalue weighted by Gasteiger charge is 1.96. The van der Waals surface area contributed by atoms with Crippen molar-refractivity contribution in [1.29, 1.82) is 0 Å². The maximum absolute atomic E-state index is 10.5. The van der Waals surface area contributed by atoms with Crippen molar-refractivity contribution in [2.75, 3.05) is 0 Å². The third-order valence-corrected chi connectivity index (χ3v) is 1.90. The minimum absolute atomic E-state index is 0.0817. The van der Waals surface area contributed by atoms with Crippen molar-refractivity contribution in [2.45, 2.75) is 32.7 Å². The lowest BCUT2D eigenvalue weighted by Crippen LogP contribution is -2.05. The van der Waals surface area contributed by atoms with E-state index in [0.29, 0.717) is 16.2 Å². The molecule has 0 fully saturated rings. The van der Waals surface area contributed by atoms with E-state index < -0.39 is 0 Å². The molecule has 0 aliphatic rings. The zero-order valence-corrected chi connectivity index (χ0v) is 6.94. The van der Waals surface area contributed by atoms with Crippen LogP contribution in [0.15, 0.2) is 0 Å². The average molecular weight is 144 g/mol. The van der Waals surface area contributed by atoms with Crippen LogP contribution in [0.3, 0.4) is 0 Å². The van der Waals surface area contributed by atoms with Crippen molar-refractivity contribution in [1.82, 2.24) is 0 Å². The lowest BCUT2D eigenvalue weighted by Gasteiger charge is -1.97. The standard InChI is InChI=1S/C6H12O2Si/c1-3-5-9-8-6(7)4-2/h3-5H2,1-2H3. The van der Waals surface area contributed by atoms with Gasteiger partial charge < -0.3 is 4.43 Å². The minimum atomic E-state index is -0.0817. The van der Waals surface area contributed by atoms with E-state index >= 15 is 0 Å². The van der Waals surface area contributed by atoms with E-state index in [0.717, 1.165) is 12.5 Å². The third-order valence-electron chi connectivity index (χ3n) is 0.827. The molecule has 0 heterocycles. The highest BCUT2D eigenvalue weighted by molar-refractivity contribution is 6.30. The van der Waals surface area contributed by atoms with Crippen LogP contribution in [-0.4, -0.2) is 15.7 Å². The Morgan fingerprint density at radius 2 is 2.22 bits per heavy atom. The number of hydrogen-bond acceptors (Lipinski definition) is 2. The van der Waals surface area contributed by atoms with Gasteiger partial charge in [-0.1, -0.05) is 20.3 Å². The number of rotatable bonds is 4. The Bertz CT molecular complexity index is 83.1. The molecule has 0 atom stereocenters. The minimum Gasteiger partial charge on any atom is -0.516 e. The topological polar surface area (TPSA) is 26.3 Å². The average Bonchev–Trinajstić information content (AvgIpc) is 1.89. The molecular formula is C6H12O2Si. The van der Waals surface area contributed by atoms with Gasteiger partial charge in [0.1, 0.15) is 0 Å². The molecule has 0 aromatic carbocycles. The van der Waals surface area contributed by atoms with Gasteiger partial charge in [-0.05, 0) is 6.04 Å². The molecule has 2 nitrogen and oxygen atoms in total. The largest absolute Gasteiger partial charge is 0.516 e. The molecule has 2 radical (unpaired) electrons. The molecule has 9 heavy (non-hydrogen) atoms. The monoisotopic (exact) mass is 144 g/mol. The SMILES string of the molecule is CCC[Si]OC(=O)CC. The third kappa shape index (κ3) is 5.56. The smallest absolute Gasteiger partial charge is 0.314 e. The lowest BCUT2D eigenvalue weighted by atomic mass is 10.5. The second-order valence-electron chi connectivity index (χ2n) is 1.72. The summed E-state index contributed by atoms with van der Waals surface area (Å²) in [5.74, 6) is -0.0817. The van der Waals surface area contributed by atoms with Crippen molar-refractivity contribution >= 4 is 15.7 Å². The summed E-state index contributed by atoms with van der Waals surface area (Å²) in [5, 5.41) is 0. The molecule has 0 bridgehead atoms. The van der Waals surface area contributed by atoms with Crippen LogP contribution in [0.25, 0.3) is 0 Å². The van der Waals surface area contributed by atoms with Crippen molar-refractivity contribution in [3.05, 3.63) is 0 Å². The van der Waals surface area contributed by atoms with Crippen LogP contribution in [0, 0.1) is 0 Å². The molecule has 52 valence electrons. The number of carbonyl (C=O) groups excluding carboxylic acids is 1. The molecule has 0 aromatic heterocycles. The fourth-order valence-electron chi connectivity index (χ4n) is 0.306. The van der Waals surface area contributed by atoms with Gasteiger partial charge in [-0.25, -0.2) is 0 Å². The highest BCUT2D eigenvalue weighted by Crippen LogP contribution is 1.88. The molecule has 0 spiro atoms. The lowest BCUT2D eigenvalue weighted by molar-refractivity contribution is -0.134. The Kier molecular flexibility index (Phi) is 5.61. The Morgan fingerprint density at radius 3 is 2.67 bits per heavy atom. The molecule has 0 aromatic rings. The van der Waals surface area contributed by atoms with Crippen LogP contribution in [0.1, 0.15) is 26.7 Å². The van der Waals surface area contributed by atoms with Crippen LogP contribution in [0.4, 0.5) is 0 Å². The summed E-state index contributed by atoms with van der Waals surface area (Å²) in [5.41, 5.74) is 0. The van der Waals surface area contributed by atoms with Gasteiger partial charge in [-0.2, -0.15) is 0 Å². The Labute approximate surface area is 58.5 Å². The van der Waals surface area contributed by atoms with E-state index in [4.69, 9.17) is 4.43 Å². The van der Waals surface area contributed by atoms with Crippen molar-refractivity contribution < 1.29 is 9.22 Å². The first-order valence-electron chi connectivity index (χ1n) is 3.23. The summed E-state index contributed by atoms with van der Waals surface area (Å²) in [4.78, 5) is 10.5. The number of carbonyl (C=O) groups is 1. The van der Waals surface area contributed by atoms with E-state index in [1.54, 1.807) is 6.92 Å².